The lowest BCUT2D eigenvalue weighted by atomic mass is 10.1. The highest BCUT2D eigenvalue weighted by molar-refractivity contribution is 5.90. The number of likely N-dealkylation sites (N-methyl/N-ethyl adjacent to an activating group) is 1. The summed E-state index contributed by atoms with van der Waals surface area (Å²) >= 11 is 0. The van der Waals surface area contributed by atoms with E-state index >= 15 is 0 Å². The number of carbonyl (C=O) groups excluding carboxylic acids is 1. The highest BCUT2D eigenvalue weighted by atomic mass is 16.3. The van der Waals surface area contributed by atoms with E-state index < -0.39 is 0 Å². The Kier molecular flexibility index (Phi) is 4.03. The van der Waals surface area contributed by atoms with E-state index in [4.69, 9.17) is 4.42 Å². The molecule has 132 valence electrons. The van der Waals surface area contributed by atoms with Crippen molar-refractivity contribution >= 4 is 27.8 Å². The molecule has 2 aromatic heterocycles. The van der Waals surface area contributed by atoms with Gasteiger partial charge in [-0.15, -0.1) is 0 Å². The predicted molar refractivity (Wildman–Crippen MR) is 104 cm³/mol. The molecule has 0 saturated heterocycles. The molecule has 0 radical (unpaired) electrons. The highest BCUT2D eigenvalue weighted by Gasteiger charge is 2.22. The lowest BCUT2D eigenvalue weighted by molar-refractivity contribution is -0.131. The third-order valence-electron chi connectivity index (χ3n) is 5.19. The summed E-state index contributed by atoms with van der Waals surface area (Å²) in [6.07, 6.45) is 0.372. The van der Waals surface area contributed by atoms with Gasteiger partial charge >= 0.3 is 0 Å². The fourth-order valence-corrected chi connectivity index (χ4v) is 3.45. The fourth-order valence-electron chi connectivity index (χ4n) is 3.45. The van der Waals surface area contributed by atoms with Crippen LogP contribution in [-0.2, 0) is 11.2 Å². The van der Waals surface area contributed by atoms with Crippen LogP contribution in [0.5, 0.6) is 0 Å². The van der Waals surface area contributed by atoms with Crippen LogP contribution < -0.4 is 0 Å². The van der Waals surface area contributed by atoms with Crippen LogP contribution in [0.25, 0.3) is 21.9 Å². The molecule has 1 unspecified atom stereocenters. The number of nitrogens with zero attached hydrogens (tertiary/aromatic N) is 1. The summed E-state index contributed by atoms with van der Waals surface area (Å²) < 4.78 is 5.93. The number of hydrogen-bond acceptors (Lipinski definition) is 2. The molecule has 26 heavy (non-hydrogen) atoms. The number of hydrogen-bond donors (Lipinski definition) is 1. The minimum atomic E-state index is -0.125. The van der Waals surface area contributed by atoms with E-state index in [2.05, 4.69) is 11.1 Å². The molecule has 4 aromatic rings. The first-order valence-corrected chi connectivity index (χ1v) is 8.85. The van der Waals surface area contributed by atoms with Crippen molar-refractivity contribution in [2.45, 2.75) is 26.3 Å². The Morgan fingerprint density at radius 1 is 1.15 bits per heavy atom. The molecule has 0 spiro atoms. The minimum absolute atomic E-state index is 0.0748. The van der Waals surface area contributed by atoms with Crippen molar-refractivity contribution in [1.29, 1.82) is 0 Å². The first kappa shape index (κ1) is 16.5. The molecule has 4 rings (SSSR count). The van der Waals surface area contributed by atoms with Crippen LogP contribution in [0.3, 0.4) is 0 Å². The molecule has 0 saturated carbocycles. The van der Waals surface area contributed by atoms with Crippen molar-refractivity contribution in [1.82, 2.24) is 9.88 Å². The normalized spacial score (nSPS) is 12.6. The van der Waals surface area contributed by atoms with Gasteiger partial charge in [0.2, 0.25) is 5.91 Å². The Hall–Kier alpha value is -3.01. The second-order valence-corrected chi connectivity index (χ2v) is 6.82. The number of aromatic nitrogens is 1. The van der Waals surface area contributed by atoms with Gasteiger partial charge < -0.3 is 14.3 Å². The number of carbonyl (C=O) groups is 1. The van der Waals surface area contributed by atoms with Gasteiger partial charge in [-0.3, -0.25) is 4.79 Å². The van der Waals surface area contributed by atoms with Crippen molar-refractivity contribution in [3.8, 4) is 0 Å². The van der Waals surface area contributed by atoms with Gasteiger partial charge in [0.15, 0.2) is 0 Å². The number of para-hydroxylation sites is 2. The summed E-state index contributed by atoms with van der Waals surface area (Å²) in [5, 5.41) is 2.17. The molecule has 1 atom stereocenters. The van der Waals surface area contributed by atoms with Crippen LogP contribution in [0.2, 0.25) is 0 Å². The van der Waals surface area contributed by atoms with Gasteiger partial charge in [-0.1, -0.05) is 36.4 Å². The Balaban J connectivity index is 1.58. The average Bonchev–Trinajstić information content (AvgIpc) is 3.22. The fraction of sp³-hybridized carbons (Fsp3) is 0.227. The van der Waals surface area contributed by atoms with E-state index in [1.165, 1.54) is 0 Å². The SMILES string of the molecule is Cc1[nH]c2ccccc2c1CC(=O)N(C)C(C)c1cc2ccccc2o1. The molecule has 0 aliphatic rings. The highest BCUT2D eigenvalue weighted by Crippen LogP contribution is 2.28. The molecular weight excluding hydrogens is 324 g/mol. The van der Waals surface area contributed by atoms with Gasteiger partial charge in [0.05, 0.1) is 12.5 Å². The first-order valence-electron chi connectivity index (χ1n) is 8.85. The van der Waals surface area contributed by atoms with Crippen LogP contribution in [0, 0.1) is 6.92 Å². The number of H-pyrrole nitrogens is 1. The number of furan rings is 1. The van der Waals surface area contributed by atoms with E-state index in [1.54, 1.807) is 4.90 Å². The largest absolute Gasteiger partial charge is 0.459 e. The maximum Gasteiger partial charge on any atom is 0.227 e. The van der Waals surface area contributed by atoms with Crippen molar-refractivity contribution in [3.05, 3.63) is 71.6 Å². The predicted octanol–water partition coefficient (Wildman–Crippen LogP) is 4.98. The number of benzene rings is 2. The molecule has 2 heterocycles. The summed E-state index contributed by atoms with van der Waals surface area (Å²) in [6, 6.07) is 17.9. The molecule has 2 aromatic carbocycles. The van der Waals surface area contributed by atoms with Crippen molar-refractivity contribution in [2.75, 3.05) is 7.05 Å². The molecule has 1 N–H and O–H groups in total. The molecule has 0 bridgehead atoms. The van der Waals surface area contributed by atoms with Gasteiger partial charge in [-0.05, 0) is 37.6 Å². The molecule has 0 fully saturated rings. The Morgan fingerprint density at radius 2 is 1.88 bits per heavy atom. The van der Waals surface area contributed by atoms with E-state index in [9.17, 15) is 4.79 Å². The van der Waals surface area contributed by atoms with E-state index in [0.29, 0.717) is 6.42 Å². The summed E-state index contributed by atoms with van der Waals surface area (Å²) in [7, 11) is 1.84. The summed E-state index contributed by atoms with van der Waals surface area (Å²) in [5.74, 6) is 0.878. The summed E-state index contributed by atoms with van der Waals surface area (Å²) in [5.41, 5.74) is 4.03. The lowest BCUT2D eigenvalue weighted by Crippen LogP contribution is -2.30. The average molecular weight is 346 g/mol. The standard InChI is InChI=1S/C22H22N2O2/c1-14-18(17-9-5-6-10-19(17)23-14)13-22(25)24(3)15(2)21-12-16-8-4-7-11-20(16)26-21/h4-12,15,23H,13H2,1-3H3. The molecule has 1 amide bonds. The minimum Gasteiger partial charge on any atom is -0.459 e. The van der Waals surface area contributed by atoms with Gasteiger partial charge in [0, 0.05) is 29.0 Å². The Bertz CT molecular complexity index is 1060. The monoisotopic (exact) mass is 346 g/mol. The van der Waals surface area contributed by atoms with Crippen LogP contribution in [0.1, 0.15) is 30.0 Å². The van der Waals surface area contributed by atoms with Gasteiger partial charge in [0.1, 0.15) is 11.3 Å². The third kappa shape index (κ3) is 2.77. The zero-order valence-corrected chi connectivity index (χ0v) is 15.2. The topological polar surface area (TPSA) is 49.2 Å². The van der Waals surface area contributed by atoms with Crippen molar-refractivity contribution in [2.24, 2.45) is 0 Å². The zero-order valence-electron chi connectivity index (χ0n) is 15.2. The maximum absolute atomic E-state index is 12.9. The Labute approximate surface area is 152 Å². The number of nitrogens with one attached hydrogen (secondary N) is 1. The van der Waals surface area contributed by atoms with Crippen LogP contribution in [0.4, 0.5) is 0 Å². The molecule has 4 nitrogen and oxygen atoms in total. The van der Waals surface area contributed by atoms with Crippen molar-refractivity contribution < 1.29 is 9.21 Å². The van der Waals surface area contributed by atoms with Gasteiger partial charge in [-0.25, -0.2) is 0 Å². The van der Waals surface area contributed by atoms with E-state index in [-0.39, 0.29) is 11.9 Å². The molecular formula is C22H22N2O2. The summed E-state index contributed by atoms with van der Waals surface area (Å²) in [4.78, 5) is 18.0. The van der Waals surface area contributed by atoms with Gasteiger partial charge in [0.25, 0.3) is 0 Å². The second-order valence-electron chi connectivity index (χ2n) is 6.82. The Morgan fingerprint density at radius 3 is 2.69 bits per heavy atom. The van der Waals surface area contributed by atoms with Crippen molar-refractivity contribution in [3.63, 3.8) is 0 Å². The number of aryl methyl sites for hydroxylation is 1. The number of fused-ring (bicyclic) bond motifs is 2. The quantitative estimate of drug-likeness (QED) is 0.566. The van der Waals surface area contributed by atoms with Gasteiger partial charge in [-0.2, -0.15) is 0 Å². The van der Waals surface area contributed by atoms with E-state index in [0.717, 1.165) is 38.9 Å². The number of aromatic amines is 1. The van der Waals surface area contributed by atoms with Crippen LogP contribution in [0.15, 0.2) is 59.0 Å². The number of amides is 1. The van der Waals surface area contributed by atoms with E-state index in [1.807, 2.05) is 69.4 Å². The van der Waals surface area contributed by atoms with Crippen LogP contribution >= 0.6 is 0 Å². The molecule has 0 aliphatic carbocycles. The maximum atomic E-state index is 12.9. The smallest absolute Gasteiger partial charge is 0.227 e. The second kappa shape index (κ2) is 6.37. The number of rotatable bonds is 4. The lowest BCUT2D eigenvalue weighted by Gasteiger charge is -2.23. The molecule has 0 aliphatic heterocycles. The third-order valence-corrected chi connectivity index (χ3v) is 5.19. The van der Waals surface area contributed by atoms with Crippen LogP contribution in [-0.4, -0.2) is 22.8 Å². The first-order chi connectivity index (χ1) is 12.5. The zero-order chi connectivity index (χ0) is 18.3. The molecule has 4 heteroatoms. The summed E-state index contributed by atoms with van der Waals surface area (Å²) in [6.45, 7) is 4.02.